The van der Waals surface area contributed by atoms with Crippen molar-refractivity contribution in [3.63, 3.8) is 0 Å². The highest BCUT2D eigenvalue weighted by molar-refractivity contribution is 5.87. The van der Waals surface area contributed by atoms with E-state index in [4.69, 9.17) is 4.74 Å². The molecule has 6 rings (SSSR count). The summed E-state index contributed by atoms with van der Waals surface area (Å²) in [5.74, 6) is -2.82. The minimum absolute atomic E-state index is 0.0276. The molecule has 2 aliphatic rings. The second-order valence-electron chi connectivity index (χ2n) is 9.31. The van der Waals surface area contributed by atoms with Crippen LogP contribution in [0.1, 0.15) is 66.5 Å². The van der Waals surface area contributed by atoms with Crippen LogP contribution in [0.3, 0.4) is 0 Å². The monoisotopic (exact) mass is 480 g/mol. The van der Waals surface area contributed by atoms with E-state index in [1.807, 2.05) is 17.1 Å². The fourth-order valence-electron chi connectivity index (χ4n) is 4.58. The number of nitrogens with zero attached hydrogens (tertiary/aromatic N) is 6. The Morgan fingerprint density at radius 1 is 0.943 bits per heavy atom. The minimum Gasteiger partial charge on any atom is -0.373 e. The fourth-order valence-corrected chi connectivity index (χ4v) is 4.58. The van der Waals surface area contributed by atoms with Crippen molar-refractivity contribution >= 4 is 11.2 Å². The first kappa shape index (κ1) is 22.1. The summed E-state index contributed by atoms with van der Waals surface area (Å²) in [6.45, 7) is 4.03. The second kappa shape index (κ2) is 8.37. The largest absolute Gasteiger partial charge is 0.373 e. The Labute approximate surface area is 199 Å². The van der Waals surface area contributed by atoms with E-state index >= 15 is 0 Å². The van der Waals surface area contributed by atoms with E-state index in [1.54, 1.807) is 13.8 Å². The summed E-state index contributed by atoms with van der Waals surface area (Å²) in [6.07, 6.45) is 7.18. The number of hydrogen-bond donors (Lipinski definition) is 0. The summed E-state index contributed by atoms with van der Waals surface area (Å²) < 4.78 is 51.3. The molecule has 1 aliphatic heterocycles. The summed E-state index contributed by atoms with van der Waals surface area (Å²) in [6, 6.07) is 1.76. The smallest absolute Gasteiger partial charge is 0.182 e. The Kier molecular flexibility index (Phi) is 5.28. The van der Waals surface area contributed by atoms with Crippen molar-refractivity contribution in [1.29, 1.82) is 0 Å². The summed E-state index contributed by atoms with van der Waals surface area (Å²) in [7, 11) is 0. The van der Waals surface area contributed by atoms with Gasteiger partial charge in [-0.3, -0.25) is 4.68 Å². The number of aromatic nitrogens is 6. The van der Waals surface area contributed by atoms with Gasteiger partial charge < -0.3 is 4.74 Å². The van der Waals surface area contributed by atoms with Gasteiger partial charge in [-0.2, -0.15) is 5.10 Å². The molecule has 10 heteroatoms. The summed E-state index contributed by atoms with van der Waals surface area (Å²) in [5, 5.41) is 4.46. The van der Waals surface area contributed by atoms with Gasteiger partial charge in [-0.05, 0) is 39.5 Å². The molecule has 2 atom stereocenters. The first-order valence-electron chi connectivity index (χ1n) is 11.7. The molecule has 0 bridgehead atoms. The molecule has 7 nitrogen and oxygen atoms in total. The van der Waals surface area contributed by atoms with Crippen LogP contribution in [0.25, 0.3) is 22.4 Å². The third-order valence-electron chi connectivity index (χ3n) is 6.77. The van der Waals surface area contributed by atoms with Crippen LogP contribution in [0.5, 0.6) is 0 Å². The highest BCUT2D eigenvalue weighted by atomic mass is 19.1. The normalized spacial score (nSPS) is 20.5. The van der Waals surface area contributed by atoms with E-state index in [-0.39, 0.29) is 28.9 Å². The number of fused-ring (bicyclic) bond motifs is 1. The Hall–Kier alpha value is -3.40. The number of benzene rings is 1. The Morgan fingerprint density at radius 2 is 1.69 bits per heavy atom. The van der Waals surface area contributed by atoms with Crippen LogP contribution < -0.4 is 0 Å². The van der Waals surface area contributed by atoms with Gasteiger partial charge in [0.2, 0.25) is 0 Å². The van der Waals surface area contributed by atoms with Crippen molar-refractivity contribution in [1.82, 2.24) is 29.7 Å². The van der Waals surface area contributed by atoms with E-state index in [0.717, 1.165) is 18.4 Å². The van der Waals surface area contributed by atoms with Crippen LogP contribution in [0.2, 0.25) is 0 Å². The fraction of sp³-hybridized carbons (Fsp3) is 0.400. The highest BCUT2D eigenvalue weighted by Gasteiger charge is 2.31. The lowest BCUT2D eigenvalue weighted by Crippen LogP contribution is -2.20. The SMILES string of the molecule is Cc1nc2nc([C@@H]3CCO[C@@H](c4cnn(C5CC5)c4)C3)nc(-c3c(F)cc(F)cc3F)c2nc1C. The van der Waals surface area contributed by atoms with Crippen LogP contribution >= 0.6 is 0 Å². The van der Waals surface area contributed by atoms with Gasteiger partial charge in [0, 0.05) is 36.4 Å². The third-order valence-corrected chi connectivity index (χ3v) is 6.77. The molecular formula is C25H23F3N6O. The Balaban J connectivity index is 1.44. The first-order chi connectivity index (χ1) is 16.9. The van der Waals surface area contributed by atoms with Crippen molar-refractivity contribution in [2.24, 2.45) is 0 Å². The molecule has 1 saturated carbocycles. The maximum Gasteiger partial charge on any atom is 0.182 e. The highest BCUT2D eigenvalue weighted by Crippen LogP contribution is 2.40. The quantitative estimate of drug-likeness (QED) is 0.395. The topological polar surface area (TPSA) is 78.6 Å². The molecule has 4 heterocycles. The predicted molar refractivity (Wildman–Crippen MR) is 121 cm³/mol. The zero-order valence-electron chi connectivity index (χ0n) is 19.3. The van der Waals surface area contributed by atoms with E-state index < -0.39 is 23.0 Å². The molecule has 4 aromatic rings. The van der Waals surface area contributed by atoms with E-state index in [9.17, 15) is 13.2 Å². The van der Waals surface area contributed by atoms with E-state index in [2.05, 4.69) is 25.0 Å². The van der Waals surface area contributed by atoms with Gasteiger partial charge in [0.25, 0.3) is 0 Å². The van der Waals surface area contributed by atoms with Crippen LogP contribution in [0, 0.1) is 31.3 Å². The summed E-state index contributed by atoms with van der Waals surface area (Å²) in [4.78, 5) is 18.3. The van der Waals surface area contributed by atoms with Gasteiger partial charge in [-0.15, -0.1) is 0 Å². The molecule has 3 aromatic heterocycles. The van der Waals surface area contributed by atoms with Crippen LogP contribution in [-0.4, -0.2) is 36.3 Å². The molecule has 1 aromatic carbocycles. The van der Waals surface area contributed by atoms with Crippen molar-refractivity contribution in [3.8, 4) is 11.3 Å². The van der Waals surface area contributed by atoms with Crippen molar-refractivity contribution in [2.45, 2.75) is 57.6 Å². The lowest BCUT2D eigenvalue weighted by atomic mass is 9.92. The number of hydrogen-bond acceptors (Lipinski definition) is 6. The third kappa shape index (κ3) is 4.05. The molecule has 0 amide bonds. The van der Waals surface area contributed by atoms with E-state index in [1.165, 1.54) is 0 Å². The van der Waals surface area contributed by atoms with Crippen molar-refractivity contribution in [2.75, 3.05) is 6.61 Å². The molecular weight excluding hydrogens is 457 g/mol. The number of rotatable bonds is 4. The standard InChI is InChI=1S/C25H23F3N6O/c1-12-13(2)31-25-23(30-12)22(21-18(27)8-16(26)9-19(21)28)32-24(33-25)14-5-6-35-20(7-14)15-10-29-34(11-15)17-3-4-17/h8-11,14,17,20H,3-7H2,1-2H3/t14-,20-/m1/s1. The zero-order chi connectivity index (χ0) is 24.3. The molecule has 1 saturated heterocycles. The predicted octanol–water partition coefficient (Wildman–Crippen LogP) is 5.29. The number of halogens is 3. The van der Waals surface area contributed by atoms with Gasteiger partial charge >= 0.3 is 0 Å². The van der Waals surface area contributed by atoms with Gasteiger partial charge in [0.15, 0.2) is 5.65 Å². The average Bonchev–Trinajstić information content (AvgIpc) is 3.55. The minimum atomic E-state index is -1.05. The maximum atomic E-state index is 14.8. The molecule has 180 valence electrons. The first-order valence-corrected chi connectivity index (χ1v) is 11.7. The molecule has 0 unspecified atom stereocenters. The summed E-state index contributed by atoms with van der Waals surface area (Å²) in [5.41, 5.74) is 2.20. The summed E-state index contributed by atoms with van der Waals surface area (Å²) >= 11 is 0. The van der Waals surface area contributed by atoms with Crippen LogP contribution in [0.4, 0.5) is 13.2 Å². The van der Waals surface area contributed by atoms with Gasteiger partial charge in [-0.1, -0.05) is 0 Å². The Bertz CT molecular complexity index is 1430. The van der Waals surface area contributed by atoms with Crippen LogP contribution in [0.15, 0.2) is 24.5 Å². The van der Waals surface area contributed by atoms with Gasteiger partial charge in [0.1, 0.15) is 34.5 Å². The van der Waals surface area contributed by atoms with E-state index in [0.29, 0.717) is 54.8 Å². The molecule has 0 radical (unpaired) electrons. The van der Waals surface area contributed by atoms with Crippen molar-refractivity contribution < 1.29 is 17.9 Å². The molecule has 2 fully saturated rings. The van der Waals surface area contributed by atoms with Gasteiger partial charge in [-0.25, -0.2) is 33.1 Å². The van der Waals surface area contributed by atoms with Gasteiger partial charge in [0.05, 0.1) is 35.3 Å². The Morgan fingerprint density at radius 3 is 2.43 bits per heavy atom. The maximum absolute atomic E-state index is 14.8. The molecule has 1 aliphatic carbocycles. The molecule has 35 heavy (non-hydrogen) atoms. The lowest BCUT2D eigenvalue weighted by molar-refractivity contribution is 0.00396. The molecule has 0 spiro atoms. The molecule has 0 N–H and O–H groups in total. The number of ether oxygens (including phenoxy) is 1. The number of aryl methyl sites for hydroxylation is 2. The zero-order valence-corrected chi connectivity index (χ0v) is 19.3. The average molecular weight is 480 g/mol. The van der Waals surface area contributed by atoms with Crippen LogP contribution in [-0.2, 0) is 4.74 Å². The second-order valence-corrected chi connectivity index (χ2v) is 9.31. The van der Waals surface area contributed by atoms with Crippen molar-refractivity contribution in [3.05, 3.63) is 64.8 Å². The lowest BCUT2D eigenvalue weighted by Gasteiger charge is -2.28.